The predicted octanol–water partition coefficient (Wildman–Crippen LogP) is 0.705. The highest BCUT2D eigenvalue weighted by Gasteiger charge is 2.19. The highest BCUT2D eigenvalue weighted by molar-refractivity contribution is 7.89. The quantitative estimate of drug-likeness (QED) is 0.707. The molecular formula is C17H16N4O4S. The highest BCUT2D eigenvalue weighted by Crippen LogP contribution is 2.27. The van der Waals surface area contributed by atoms with E-state index in [1.165, 1.54) is 6.07 Å². The topological polar surface area (TPSA) is 103 Å². The van der Waals surface area contributed by atoms with E-state index in [9.17, 15) is 13.2 Å². The van der Waals surface area contributed by atoms with Crippen LogP contribution in [0.3, 0.4) is 0 Å². The van der Waals surface area contributed by atoms with Crippen LogP contribution in [0.25, 0.3) is 10.9 Å². The van der Waals surface area contributed by atoms with E-state index in [1.54, 1.807) is 36.4 Å². The Morgan fingerprint density at radius 3 is 2.92 bits per heavy atom. The summed E-state index contributed by atoms with van der Waals surface area (Å²) in [6.45, 7) is 0.683. The van der Waals surface area contributed by atoms with E-state index in [2.05, 4.69) is 15.0 Å². The molecule has 0 fully saturated rings. The summed E-state index contributed by atoms with van der Waals surface area (Å²) in [5, 5.41) is 8.27. The molecule has 0 radical (unpaired) electrons. The van der Waals surface area contributed by atoms with E-state index in [4.69, 9.17) is 4.74 Å². The maximum atomic E-state index is 12.4. The van der Waals surface area contributed by atoms with E-state index in [0.717, 1.165) is 16.0 Å². The van der Waals surface area contributed by atoms with Gasteiger partial charge in [-0.05, 0) is 35.9 Å². The molecule has 2 aromatic carbocycles. The van der Waals surface area contributed by atoms with Gasteiger partial charge in [-0.2, -0.15) is 0 Å². The Kier molecular flexibility index (Phi) is 4.17. The van der Waals surface area contributed by atoms with Crippen LogP contribution in [0.15, 0.2) is 52.2 Å². The number of sulfonamides is 1. The van der Waals surface area contributed by atoms with Gasteiger partial charge in [0.15, 0.2) is 0 Å². The third-order valence-corrected chi connectivity index (χ3v) is 5.67. The lowest BCUT2D eigenvalue weighted by Gasteiger charge is -2.09. The van der Waals surface area contributed by atoms with Gasteiger partial charge in [0.1, 0.15) is 11.3 Å². The summed E-state index contributed by atoms with van der Waals surface area (Å²) in [6, 6.07) is 11.7. The second-order valence-electron chi connectivity index (χ2n) is 5.90. The van der Waals surface area contributed by atoms with Crippen molar-refractivity contribution in [3.05, 3.63) is 58.4 Å². The van der Waals surface area contributed by atoms with Crippen LogP contribution >= 0.6 is 0 Å². The first-order valence-corrected chi connectivity index (χ1v) is 9.61. The molecule has 0 amide bonds. The molecule has 134 valence electrons. The number of fused-ring (bicyclic) bond motifs is 2. The van der Waals surface area contributed by atoms with E-state index in [-0.39, 0.29) is 23.5 Å². The second-order valence-corrected chi connectivity index (χ2v) is 7.67. The molecule has 1 aliphatic rings. The van der Waals surface area contributed by atoms with Crippen LogP contribution in [0, 0.1) is 0 Å². The summed E-state index contributed by atoms with van der Waals surface area (Å²) in [5.74, 6) is 0.724. The van der Waals surface area contributed by atoms with Crippen molar-refractivity contribution in [1.82, 2.24) is 19.7 Å². The average molecular weight is 372 g/mol. The smallest absolute Gasteiger partial charge is 0.277 e. The number of hydrogen-bond acceptors (Lipinski definition) is 6. The first kappa shape index (κ1) is 16.7. The Balaban J connectivity index is 1.49. The van der Waals surface area contributed by atoms with Crippen molar-refractivity contribution in [2.24, 2.45) is 0 Å². The maximum Gasteiger partial charge on any atom is 0.277 e. The molecule has 9 heteroatoms. The molecule has 0 spiro atoms. The molecular weight excluding hydrogens is 356 g/mol. The average Bonchev–Trinajstić information content (AvgIpc) is 3.11. The van der Waals surface area contributed by atoms with Gasteiger partial charge < -0.3 is 4.74 Å². The number of ether oxygens (including phenoxy) is 1. The Morgan fingerprint density at radius 2 is 2.04 bits per heavy atom. The summed E-state index contributed by atoms with van der Waals surface area (Å²) in [7, 11) is -3.68. The van der Waals surface area contributed by atoms with Gasteiger partial charge in [0.05, 0.1) is 23.4 Å². The number of nitrogens with zero attached hydrogens (tertiary/aromatic N) is 3. The zero-order valence-electron chi connectivity index (χ0n) is 13.8. The normalized spacial score (nSPS) is 13.5. The number of hydrogen-bond donors (Lipinski definition) is 1. The summed E-state index contributed by atoms with van der Waals surface area (Å²) in [6.07, 6.45) is 0.695. The Morgan fingerprint density at radius 1 is 1.19 bits per heavy atom. The minimum atomic E-state index is -3.68. The predicted molar refractivity (Wildman–Crippen MR) is 94.6 cm³/mol. The van der Waals surface area contributed by atoms with E-state index in [1.807, 2.05) is 0 Å². The molecule has 0 saturated heterocycles. The lowest BCUT2D eigenvalue weighted by molar-refractivity contribution is 0.356. The number of aromatic nitrogens is 3. The van der Waals surface area contributed by atoms with Gasteiger partial charge in [-0.25, -0.2) is 17.8 Å². The molecule has 1 aromatic heterocycles. The van der Waals surface area contributed by atoms with Gasteiger partial charge in [-0.1, -0.05) is 17.3 Å². The van der Waals surface area contributed by atoms with Gasteiger partial charge in [0.2, 0.25) is 10.0 Å². The van der Waals surface area contributed by atoms with E-state index in [0.29, 0.717) is 23.9 Å². The minimum absolute atomic E-state index is 0.0306. The van der Waals surface area contributed by atoms with Gasteiger partial charge >= 0.3 is 0 Å². The van der Waals surface area contributed by atoms with Crippen molar-refractivity contribution < 1.29 is 13.2 Å². The van der Waals surface area contributed by atoms with Crippen molar-refractivity contribution >= 4 is 20.9 Å². The number of benzene rings is 2. The third kappa shape index (κ3) is 3.06. The highest BCUT2D eigenvalue weighted by atomic mass is 32.2. The fourth-order valence-corrected chi connectivity index (χ4v) is 3.94. The third-order valence-electron chi connectivity index (χ3n) is 4.22. The molecule has 3 aromatic rings. The lowest BCUT2D eigenvalue weighted by atomic mass is 10.2. The second kappa shape index (κ2) is 6.50. The van der Waals surface area contributed by atoms with Crippen LogP contribution in [0.2, 0.25) is 0 Å². The van der Waals surface area contributed by atoms with Crippen LogP contribution in [-0.4, -0.2) is 36.6 Å². The van der Waals surface area contributed by atoms with Crippen LogP contribution in [0.4, 0.5) is 0 Å². The van der Waals surface area contributed by atoms with Crippen LogP contribution in [0.5, 0.6) is 5.75 Å². The summed E-state index contributed by atoms with van der Waals surface area (Å²) in [5.41, 5.74) is 1.09. The molecule has 0 bridgehead atoms. The first-order valence-electron chi connectivity index (χ1n) is 8.12. The van der Waals surface area contributed by atoms with Crippen molar-refractivity contribution in [3.63, 3.8) is 0 Å². The van der Waals surface area contributed by atoms with E-state index < -0.39 is 10.0 Å². The van der Waals surface area contributed by atoms with Gasteiger partial charge in [0, 0.05) is 13.0 Å². The summed E-state index contributed by atoms with van der Waals surface area (Å²) < 4.78 is 33.9. The summed E-state index contributed by atoms with van der Waals surface area (Å²) in [4.78, 5) is 12.5. The lowest BCUT2D eigenvalue weighted by Crippen LogP contribution is -2.32. The van der Waals surface area contributed by atoms with Gasteiger partial charge in [-0.15, -0.1) is 5.10 Å². The van der Waals surface area contributed by atoms with Gasteiger partial charge in [-0.3, -0.25) is 4.79 Å². The fraction of sp³-hybridized carbons (Fsp3) is 0.235. The van der Waals surface area contributed by atoms with Crippen LogP contribution in [-0.2, 0) is 23.0 Å². The molecule has 1 N–H and O–H groups in total. The van der Waals surface area contributed by atoms with Gasteiger partial charge in [0.25, 0.3) is 5.56 Å². The summed E-state index contributed by atoms with van der Waals surface area (Å²) >= 11 is 0. The zero-order chi connectivity index (χ0) is 18.1. The largest absolute Gasteiger partial charge is 0.493 e. The molecule has 0 unspecified atom stereocenters. The molecule has 0 aliphatic carbocycles. The SMILES string of the molecule is O=c1c2ccccc2nnn1CCNS(=O)(=O)c1ccc2c(c1)CCO2. The molecule has 0 saturated carbocycles. The molecule has 0 atom stereocenters. The Labute approximate surface area is 149 Å². The first-order chi connectivity index (χ1) is 12.5. The molecule has 8 nitrogen and oxygen atoms in total. The van der Waals surface area contributed by atoms with Crippen molar-refractivity contribution in [2.75, 3.05) is 13.2 Å². The Bertz CT molecular complexity index is 1140. The number of rotatable bonds is 5. The van der Waals surface area contributed by atoms with Crippen molar-refractivity contribution in [1.29, 1.82) is 0 Å². The molecule has 2 heterocycles. The standard InChI is InChI=1S/C17H16N4O4S/c22-17-14-3-1-2-4-15(14)19-20-21(17)9-8-18-26(23,24)13-5-6-16-12(11-13)7-10-25-16/h1-6,11,18H,7-10H2. The zero-order valence-corrected chi connectivity index (χ0v) is 14.6. The van der Waals surface area contributed by atoms with Crippen LogP contribution in [0.1, 0.15) is 5.56 Å². The molecule has 26 heavy (non-hydrogen) atoms. The number of nitrogens with one attached hydrogen (secondary N) is 1. The van der Waals surface area contributed by atoms with Crippen molar-refractivity contribution in [2.45, 2.75) is 17.9 Å². The monoisotopic (exact) mass is 372 g/mol. The molecule has 4 rings (SSSR count). The molecule has 1 aliphatic heterocycles. The van der Waals surface area contributed by atoms with Crippen LogP contribution < -0.4 is 15.0 Å². The fourth-order valence-electron chi connectivity index (χ4n) is 2.87. The Hall–Kier alpha value is -2.78. The minimum Gasteiger partial charge on any atom is -0.493 e. The maximum absolute atomic E-state index is 12.4. The van der Waals surface area contributed by atoms with Crippen molar-refractivity contribution in [3.8, 4) is 5.75 Å². The van der Waals surface area contributed by atoms with E-state index >= 15 is 0 Å².